The maximum Gasteiger partial charge on any atom is 0.226 e. The molecule has 0 unspecified atom stereocenters. The first-order valence-corrected chi connectivity index (χ1v) is 10.8. The van der Waals surface area contributed by atoms with Gasteiger partial charge in [-0.1, -0.05) is 27.7 Å². The summed E-state index contributed by atoms with van der Waals surface area (Å²) in [5.74, 6) is 0.189. The van der Waals surface area contributed by atoms with E-state index in [4.69, 9.17) is 0 Å². The molecule has 0 spiro atoms. The van der Waals surface area contributed by atoms with Gasteiger partial charge in [-0.3, -0.25) is 9.59 Å². The number of hydrogen-bond donors (Lipinski definition) is 2. The largest absolute Gasteiger partial charge is 0.377 e. The van der Waals surface area contributed by atoms with Gasteiger partial charge in [0.2, 0.25) is 11.8 Å². The van der Waals surface area contributed by atoms with Gasteiger partial charge in [0.05, 0.1) is 27.2 Å². The minimum atomic E-state index is -0.0806. The van der Waals surface area contributed by atoms with Crippen LogP contribution in [0.25, 0.3) is 0 Å². The summed E-state index contributed by atoms with van der Waals surface area (Å²) in [6, 6.07) is 5.95. The fraction of sp³-hybridized carbons (Fsp3) is 0.652. The van der Waals surface area contributed by atoms with Gasteiger partial charge >= 0.3 is 0 Å². The van der Waals surface area contributed by atoms with Crippen LogP contribution in [0.1, 0.15) is 46.1 Å². The Kier molecular flexibility index (Phi) is 10.2. The zero-order chi connectivity index (χ0) is 22.1. The molecule has 0 saturated carbocycles. The maximum absolute atomic E-state index is 13.2. The van der Waals surface area contributed by atoms with Crippen molar-refractivity contribution in [2.45, 2.75) is 47.1 Å². The van der Waals surface area contributed by atoms with Crippen LogP contribution in [0.5, 0.6) is 0 Å². The standard InChI is InChI=1S/C23H40N4O2/c1-9-18(10-2)23(29)27(14-13-25(5)6)16-19-15-20(24-22(28)17(3)4)11-12-21(19)26(7)8/h11-12,15,17-18H,9-10,13-14,16H2,1-8H3,(H,24,28)/p+1. The SMILES string of the molecule is CCC(CC)C(=O)N(CC[NH+](C)C)Cc1cc(NC(=O)C(C)C)ccc1N(C)C. The molecule has 2 N–H and O–H groups in total. The van der Waals surface area contributed by atoms with Crippen LogP contribution in [-0.4, -0.2) is 58.0 Å². The fourth-order valence-electron chi connectivity index (χ4n) is 3.24. The molecule has 0 aromatic heterocycles. The number of nitrogens with one attached hydrogen (secondary N) is 2. The van der Waals surface area contributed by atoms with Crippen molar-refractivity contribution in [3.63, 3.8) is 0 Å². The van der Waals surface area contributed by atoms with Gasteiger partial charge < -0.3 is 20.0 Å². The first-order valence-electron chi connectivity index (χ1n) is 10.8. The number of carbonyl (C=O) groups is 2. The number of hydrogen-bond acceptors (Lipinski definition) is 3. The molecule has 1 aromatic carbocycles. The monoisotopic (exact) mass is 405 g/mol. The molecule has 0 saturated heterocycles. The quantitative estimate of drug-likeness (QED) is 0.594. The molecule has 0 heterocycles. The average Bonchev–Trinajstić information content (AvgIpc) is 2.65. The predicted octanol–water partition coefficient (Wildman–Crippen LogP) is 2.26. The van der Waals surface area contributed by atoms with Gasteiger partial charge in [0.1, 0.15) is 0 Å². The molecule has 6 heteroatoms. The van der Waals surface area contributed by atoms with E-state index in [9.17, 15) is 9.59 Å². The van der Waals surface area contributed by atoms with E-state index in [2.05, 4.69) is 38.2 Å². The Bertz CT molecular complexity index is 667. The number of likely N-dealkylation sites (N-methyl/N-ethyl adjacent to an activating group) is 1. The van der Waals surface area contributed by atoms with E-state index in [1.165, 1.54) is 4.90 Å². The second kappa shape index (κ2) is 11.8. The van der Waals surface area contributed by atoms with Crippen molar-refractivity contribution in [2.75, 3.05) is 51.5 Å². The average molecular weight is 406 g/mol. The first kappa shape index (κ1) is 25.0. The lowest BCUT2D eigenvalue weighted by molar-refractivity contribution is -0.857. The molecule has 0 atom stereocenters. The summed E-state index contributed by atoms with van der Waals surface area (Å²) < 4.78 is 0. The van der Waals surface area contributed by atoms with Crippen molar-refractivity contribution in [1.82, 2.24) is 4.90 Å². The van der Waals surface area contributed by atoms with Crippen molar-refractivity contribution in [1.29, 1.82) is 0 Å². The van der Waals surface area contributed by atoms with Crippen molar-refractivity contribution in [3.8, 4) is 0 Å². The lowest BCUT2D eigenvalue weighted by Gasteiger charge is -2.29. The summed E-state index contributed by atoms with van der Waals surface area (Å²) in [6.07, 6.45) is 1.71. The second-order valence-corrected chi connectivity index (χ2v) is 8.61. The van der Waals surface area contributed by atoms with Crippen LogP contribution >= 0.6 is 0 Å². The van der Waals surface area contributed by atoms with Crippen LogP contribution in [0.15, 0.2) is 18.2 Å². The van der Waals surface area contributed by atoms with Crippen LogP contribution in [0.3, 0.4) is 0 Å². The lowest BCUT2D eigenvalue weighted by atomic mass is 10.0. The molecule has 0 radical (unpaired) electrons. The Hall–Kier alpha value is -2.08. The summed E-state index contributed by atoms with van der Waals surface area (Å²) in [4.78, 5) is 30.7. The highest BCUT2D eigenvalue weighted by atomic mass is 16.2. The molecule has 6 nitrogen and oxygen atoms in total. The predicted molar refractivity (Wildman–Crippen MR) is 121 cm³/mol. The normalized spacial score (nSPS) is 11.3. The molecule has 2 amide bonds. The lowest BCUT2D eigenvalue weighted by Crippen LogP contribution is -3.06. The number of rotatable bonds is 11. The molecular formula is C23H41N4O2+. The van der Waals surface area contributed by atoms with E-state index < -0.39 is 0 Å². The van der Waals surface area contributed by atoms with Crippen LogP contribution < -0.4 is 15.1 Å². The Labute approximate surface area is 177 Å². The highest BCUT2D eigenvalue weighted by Crippen LogP contribution is 2.26. The van der Waals surface area contributed by atoms with Gasteiger partial charge in [-0.25, -0.2) is 0 Å². The number of amides is 2. The van der Waals surface area contributed by atoms with Gasteiger partial charge in [0.15, 0.2) is 0 Å². The zero-order valence-corrected chi connectivity index (χ0v) is 19.6. The van der Waals surface area contributed by atoms with E-state index in [1.807, 2.05) is 51.0 Å². The number of anilines is 2. The van der Waals surface area contributed by atoms with E-state index in [0.717, 1.165) is 36.3 Å². The molecule has 0 fully saturated rings. The molecule has 0 aliphatic rings. The molecular weight excluding hydrogens is 364 g/mol. The van der Waals surface area contributed by atoms with Crippen LogP contribution in [0, 0.1) is 11.8 Å². The molecule has 164 valence electrons. The van der Waals surface area contributed by atoms with Crippen LogP contribution in [0.4, 0.5) is 11.4 Å². The second-order valence-electron chi connectivity index (χ2n) is 8.61. The number of benzene rings is 1. The van der Waals surface area contributed by atoms with Crippen molar-refractivity contribution in [3.05, 3.63) is 23.8 Å². The third-order valence-electron chi connectivity index (χ3n) is 5.24. The fourth-order valence-corrected chi connectivity index (χ4v) is 3.24. The molecule has 1 aromatic rings. The Balaban J connectivity index is 3.22. The molecule has 0 bridgehead atoms. The number of quaternary nitrogens is 1. The minimum Gasteiger partial charge on any atom is -0.377 e. The first-order chi connectivity index (χ1) is 13.6. The Morgan fingerprint density at radius 1 is 1.10 bits per heavy atom. The van der Waals surface area contributed by atoms with Crippen molar-refractivity contribution in [2.24, 2.45) is 11.8 Å². The van der Waals surface area contributed by atoms with Gasteiger partial charge in [0.25, 0.3) is 0 Å². The molecule has 0 aliphatic heterocycles. The summed E-state index contributed by atoms with van der Waals surface area (Å²) >= 11 is 0. The Morgan fingerprint density at radius 2 is 1.72 bits per heavy atom. The van der Waals surface area contributed by atoms with Gasteiger partial charge in [0, 0.05) is 43.9 Å². The van der Waals surface area contributed by atoms with Gasteiger partial charge in [-0.05, 0) is 36.6 Å². The minimum absolute atomic E-state index is 0.00489. The van der Waals surface area contributed by atoms with E-state index in [1.54, 1.807) is 0 Å². The third-order valence-corrected chi connectivity index (χ3v) is 5.24. The highest BCUT2D eigenvalue weighted by Gasteiger charge is 2.23. The summed E-state index contributed by atoms with van der Waals surface area (Å²) in [7, 11) is 8.21. The highest BCUT2D eigenvalue weighted by molar-refractivity contribution is 5.92. The topological polar surface area (TPSA) is 57.1 Å². The Morgan fingerprint density at radius 3 is 2.21 bits per heavy atom. The van der Waals surface area contributed by atoms with E-state index >= 15 is 0 Å². The van der Waals surface area contributed by atoms with Crippen molar-refractivity contribution >= 4 is 23.2 Å². The van der Waals surface area contributed by atoms with Gasteiger partial charge in [-0.15, -0.1) is 0 Å². The third kappa shape index (κ3) is 7.69. The summed E-state index contributed by atoms with van der Waals surface area (Å²) in [5, 5.41) is 2.98. The van der Waals surface area contributed by atoms with Gasteiger partial charge in [-0.2, -0.15) is 0 Å². The molecule has 0 aliphatic carbocycles. The smallest absolute Gasteiger partial charge is 0.226 e. The van der Waals surface area contributed by atoms with E-state index in [0.29, 0.717) is 13.1 Å². The number of carbonyl (C=O) groups excluding carboxylic acids is 2. The summed E-state index contributed by atoms with van der Waals surface area (Å²) in [5.41, 5.74) is 2.88. The van der Waals surface area contributed by atoms with Crippen LogP contribution in [0.2, 0.25) is 0 Å². The van der Waals surface area contributed by atoms with Crippen LogP contribution in [-0.2, 0) is 16.1 Å². The van der Waals surface area contributed by atoms with E-state index in [-0.39, 0.29) is 23.7 Å². The molecule has 1 rings (SSSR count). The molecule has 29 heavy (non-hydrogen) atoms. The van der Waals surface area contributed by atoms with Crippen molar-refractivity contribution < 1.29 is 14.5 Å². The number of nitrogens with zero attached hydrogens (tertiary/aromatic N) is 2. The summed E-state index contributed by atoms with van der Waals surface area (Å²) in [6.45, 7) is 10.1. The maximum atomic E-state index is 13.2. The zero-order valence-electron chi connectivity index (χ0n) is 19.6.